The molecule has 2 aromatic carbocycles. The van der Waals surface area contributed by atoms with Gasteiger partial charge in [0.2, 0.25) is 15.9 Å². The van der Waals surface area contributed by atoms with Crippen molar-refractivity contribution in [1.82, 2.24) is 9.71 Å². The van der Waals surface area contributed by atoms with Crippen molar-refractivity contribution in [2.75, 3.05) is 12.4 Å². The number of anilines is 1. The highest BCUT2D eigenvalue weighted by Crippen LogP contribution is 2.44. The molecule has 3 rings (SSSR count). The van der Waals surface area contributed by atoms with Crippen LogP contribution in [0.25, 0.3) is 10.9 Å². The maximum absolute atomic E-state index is 14.5. The number of halogens is 3. The molecular formula is C20H18F3N3O5S. The van der Waals surface area contributed by atoms with Crippen LogP contribution in [0.3, 0.4) is 0 Å². The molecule has 0 spiro atoms. The molecule has 0 radical (unpaired) electrons. The number of hydrogen-bond donors (Lipinski definition) is 3. The minimum atomic E-state index is -5.41. The molecule has 170 valence electrons. The summed E-state index contributed by atoms with van der Waals surface area (Å²) >= 11 is 0. The zero-order valence-corrected chi connectivity index (χ0v) is 17.6. The SMILES string of the molecule is COC(=O)[C@@](NS(=O)(=O)c1ccc(NC(C)=O)cc1)(c1c[nH]c2ccccc12)C(F)(F)F. The molecule has 0 aliphatic rings. The van der Waals surface area contributed by atoms with Crippen molar-refractivity contribution in [3.63, 3.8) is 0 Å². The number of alkyl halides is 3. The summed E-state index contributed by atoms with van der Waals surface area (Å²) in [6.45, 7) is 1.24. The number of carbonyl (C=O) groups is 2. The third-order valence-electron chi connectivity index (χ3n) is 4.68. The van der Waals surface area contributed by atoms with E-state index in [0.29, 0.717) is 0 Å². The molecule has 0 saturated carbocycles. The quantitative estimate of drug-likeness (QED) is 0.480. The molecule has 1 atom stereocenters. The van der Waals surface area contributed by atoms with E-state index in [-0.39, 0.29) is 16.6 Å². The summed E-state index contributed by atoms with van der Waals surface area (Å²) < 4.78 is 75.3. The van der Waals surface area contributed by atoms with Crippen molar-refractivity contribution in [3.8, 4) is 0 Å². The molecule has 0 bridgehead atoms. The molecule has 0 unspecified atom stereocenters. The van der Waals surface area contributed by atoms with E-state index in [4.69, 9.17) is 0 Å². The molecule has 0 fully saturated rings. The van der Waals surface area contributed by atoms with Gasteiger partial charge in [-0.2, -0.15) is 17.9 Å². The van der Waals surface area contributed by atoms with Crippen LogP contribution in [0.1, 0.15) is 12.5 Å². The van der Waals surface area contributed by atoms with E-state index in [1.54, 1.807) is 6.07 Å². The molecule has 0 aliphatic carbocycles. The fraction of sp³-hybridized carbons (Fsp3) is 0.200. The van der Waals surface area contributed by atoms with Gasteiger partial charge in [-0.1, -0.05) is 18.2 Å². The number of sulfonamides is 1. The third-order valence-corrected chi connectivity index (χ3v) is 6.15. The van der Waals surface area contributed by atoms with Crippen molar-refractivity contribution < 1.29 is 35.9 Å². The first-order valence-corrected chi connectivity index (χ1v) is 10.5. The Kier molecular flexibility index (Phi) is 6.03. The highest BCUT2D eigenvalue weighted by Gasteiger charge is 2.65. The van der Waals surface area contributed by atoms with E-state index < -0.39 is 44.1 Å². The molecule has 0 aliphatic heterocycles. The Morgan fingerprint density at radius 1 is 1.03 bits per heavy atom. The van der Waals surface area contributed by atoms with Gasteiger partial charge in [-0.15, -0.1) is 0 Å². The number of para-hydroxylation sites is 1. The fourth-order valence-electron chi connectivity index (χ4n) is 3.25. The number of nitrogens with one attached hydrogen (secondary N) is 3. The predicted octanol–water partition coefficient (Wildman–Crippen LogP) is 3.04. The van der Waals surface area contributed by atoms with Crippen LogP contribution in [0.15, 0.2) is 59.6 Å². The topological polar surface area (TPSA) is 117 Å². The van der Waals surface area contributed by atoms with Crippen molar-refractivity contribution in [2.45, 2.75) is 23.5 Å². The van der Waals surface area contributed by atoms with Crippen LogP contribution in [0.2, 0.25) is 0 Å². The number of carbonyl (C=O) groups excluding carboxylic acids is 2. The number of amides is 1. The Hall–Kier alpha value is -3.38. The number of aromatic nitrogens is 1. The van der Waals surface area contributed by atoms with Gasteiger partial charge in [0.05, 0.1) is 12.0 Å². The normalized spacial score (nSPS) is 14.0. The molecule has 12 heteroatoms. The Morgan fingerprint density at radius 2 is 1.66 bits per heavy atom. The van der Waals surface area contributed by atoms with Crippen LogP contribution in [-0.2, 0) is 29.9 Å². The summed E-state index contributed by atoms with van der Waals surface area (Å²) in [6, 6.07) is 10.2. The number of hydrogen-bond acceptors (Lipinski definition) is 5. The highest BCUT2D eigenvalue weighted by molar-refractivity contribution is 7.89. The highest BCUT2D eigenvalue weighted by atomic mass is 32.2. The Balaban J connectivity index is 2.18. The largest absolute Gasteiger partial charge is 0.467 e. The second-order valence-corrected chi connectivity index (χ2v) is 8.48. The van der Waals surface area contributed by atoms with Gasteiger partial charge in [0.1, 0.15) is 0 Å². The van der Waals surface area contributed by atoms with E-state index in [0.717, 1.165) is 25.4 Å². The fourth-order valence-corrected chi connectivity index (χ4v) is 4.57. The number of rotatable bonds is 6. The third kappa shape index (κ3) is 4.06. The van der Waals surface area contributed by atoms with Gasteiger partial charge < -0.3 is 15.0 Å². The van der Waals surface area contributed by atoms with Crippen molar-refractivity contribution in [3.05, 3.63) is 60.3 Å². The zero-order chi connectivity index (χ0) is 23.7. The minimum absolute atomic E-state index is 0.0149. The predicted molar refractivity (Wildman–Crippen MR) is 109 cm³/mol. The van der Waals surface area contributed by atoms with E-state index in [1.807, 2.05) is 0 Å². The smallest absolute Gasteiger partial charge is 0.422 e. The second kappa shape index (κ2) is 8.28. The molecule has 1 heterocycles. The van der Waals surface area contributed by atoms with Crippen LogP contribution in [-0.4, -0.2) is 38.6 Å². The van der Waals surface area contributed by atoms with E-state index in [2.05, 4.69) is 15.0 Å². The van der Waals surface area contributed by atoms with E-state index in [9.17, 15) is 31.2 Å². The van der Waals surface area contributed by atoms with Crippen LogP contribution in [0.5, 0.6) is 0 Å². The first-order chi connectivity index (χ1) is 14.9. The monoisotopic (exact) mass is 469 g/mol. The summed E-state index contributed by atoms with van der Waals surface area (Å²) in [5.41, 5.74) is -3.89. The molecular weight excluding hydrogens is 451 g/mol. The average molecular weight is 469 g/mol. The summed E-state index contributed by atoms with van der Waals surface area (Å²) in [6.07, 6.45) is -4.49. The van der Waals surface area contributed by atoms with Crippen molar-refractivity contribution in [1.29, 1.82) is 0 Å². The second-order valence-electron chi connectivity index (χ2n) is 6.80. The number of H-pyrrole nitrogens is 1. The molecule has 1 aromatic heterocycles. The lowest BCUT2D eigenvalue weighted by atomic mass is 9.90. The van der Waals surface area contributed by atoms with Crippen LogP contribution < -0.4 is 10.0 Å². The molecule has 3 N–H and O–H groups in total. The summed E-state index contributed by atoms with van der Waals surface area (Å²) in [5, 5.41) is 2.40. The molecule has 8 nitrogen and oxygen atoms in total. The maximum atomic E-state index is 14.5. The lowest BCUT2D eigenvalue weighted by Gasteiger charge is -2.33. The summed E-state index contributed by atoms with van der Waals surface area (Å²) in [7, 11) is -4.16. The molecule has 3 aromatic rings. The Labute approximate surface area is 180 Å². The maximum Gasteiger partial charge on any atom is 0.422 e. The molecule has 0 saturated heterocycles. The van der Waals surface area contributed by atoms with Crippen molar-refractivity contribution in [2.24, 2.45) is 0 Å². The minimum Gasteiger partial charge on any atom is -0.467 e. The average Bonchev–Trinajstić information content (AvgIpc) is 3.15. The number of ether oxygens (including phenoxy) is 1. The van der Waals surface area contributed by atoms with E-state index in [1.165, 1.54) is 42.0 Å². The number of benzene rings is 2. The summed E-state index contributed by atoms with van der Waals surface area (Å²) in [5.74, 6) is -2.27. The Morgan fingerprint density at radius 3 is 2.22 bits per heavy atom. The lowest BCUT2D eigenvalue weighted by molar-refractivity contribution is -0.210. The summed E-state index contributed by atoms with van der Waals surface area (Å²) in [4.78, 5) is 25.8. The van der Waals surface area contributed by atoms with Gasteiger partial charge in [0.25, 0.3) is 5.54 Å². The first kappa shape index (κ1) is 23.3. The van der Waals surface area contributed by atoms with Gasteiger partial charge >= 0.3 is 12.1 Å². The lowest BCUT2D eigenvalue weighted by Crippen LogP contribution is -2.61. The van der Waals surface area contributed by atoms with Crippen LogP contribution in [0, 0.1) is 0 Å². The van der Waals surface area contributed by atoms with Crippen molar-refractivity contribution >= 4 is 38.5 Å². The number of aromatic amines is 1. The zero-order valence-electron chi connectivity index (χ0n) is 16.8. The molecule has 32 heavy (non-hydrogen) atoms. The van der Waals surface area contributed by atoms with Crippen LogP contribution >= 0.6 is 0 Å². The van der Waals surface area contributed by atoms with Gasteiger partial charge in [-0.3, -0.25) is 4.79 Å². The van der Waals surface area contributed by atoms with Crippen LogP contribution in [0.4, 0.5) is 18.9 Å². The first-order valence-electron chi connectivity index (χ1n) is 9.06. The number of fused-ring (bicyclic) bond motifs is 1. The number of methoxy groups -OCH3 is 1. The van der Waals surface area contributed by atoms with E-state index >= 15 is 0 Å². The van der Waals surface area contributed by atoms with Gasteiger partial charge in [-0.25, -0.2) is 13.2 Å². The number of esters is 1. The Bertz CT molecular complexity index is 1270. The van der Waals surface area contributed by atoms with Gasteiger partial charge in [0.15, 0.2) is 0 Å². The molecule has 1 amide bonds. The van der Waals surface area contributed by atoms with Gasteiger partial charge in [0, 0.05) is 35.3 Å². The van der Waals surface area contributed by atoms with Gasteiger partial charge in [-0.05, 0) is 30.3 Å². The standard InChI is InChI=1S/C20H18F3N3O5S/c1-12(27)25-13-7-9-14(10-8-13)32(29,30)26-19(18(28)31-2,20(21,22)23)16-11-24-17-6-4-3-5-15(16)17/h3-11,24,26H,1-2H3,(H,25,27)/t19-/m0/s1.